The Morgan fingerprint density at radius 2 is 1.55 bits per heavy atom. The number of halogens is 2. The monoisotopic (exact) mass is 1070 g/mol. The Bertz CT molecular complexity index is 3040. The number of thioether (sulfide) groups is 1. The molecule has 388 valence electrons. The van der Waals surface area contributed by atoms with E-state index in [9.17, 15) is 18.5 Å². The summed E-state index contributed by atoms with van der Waals surface area (Å²) in [6, 6.07) is 34.2. The molecule has 3 heterocycles. The van der Waals surface area contributed by atoms with Crippen LogP contribution in [0.5, 0.6) is 0 Å². The van der Waals surface area contributed by atoms with Crippen LogP contribution in [0, 0.1) is 22.9 Å². The first kappa shape index (κ1) is 53.9. The minimum atomic E-state index is -3.86. The van der Waals surface area contributed by atoms with Crippen LogP contribution in [0.3, 0.4) is 0 Å². The van der Waals surface area contributed by atoms with Crippen molar-refractivity contribution in [3.63, 3.8) is 0 Å². The molecule has 1 N–H and O–H groups in total. The van der Waals surface area contributed by atoms with E-state index >= 15 is 8.96 Å². The smallest absolute Gasteiger partial charge is 0.326 e. The molecule has 0 spiro atoms. The quantitative estimate of drug-likeness (QED) is 0.0336. The molecule has 0 bridgehead atoms. The van der Waals surface area contributed by atoms with Gasteiger partial charge < -0.3 is 33.6 Å². The topological polar surface area (TPSA) is 143 Å². The molecule has 14 nitrogen and oxygen atoms in total. The van der Waals surface area contributed by atoms with Gasteiger partial charge in [-0.25, -0.2) is 12.8 Å². The van der Waals surface area contributed by atoms with E-state index in [-0.39, 0.29) is 34.6 Å². The van der Waals surface area contributed by atoms with E-state index in [0.717, 1.165) is 42.2 Å². The van der Waals surface area contributed by atoms with Crippen molar-refractivity contribution in [1.29, 1.82) is 0 Å². The number of aromatic nitrogens is 1. The van der Waals surface area contributed by atoms with E-state index in [1.807, 2.05) is 79.1 Å². The number of sulfone groups is 1. The summed E-state index contributed by atoms with van der Waals surface area (Å²) < 4.78 is 73.1. The Morgan fingerprint density at radius 3 is 2.16 bits per heavy atom. The van der Waals surface area contributed by atoms with Gasteiger partial charge in [0.25, 0.3) is 5.69 Å². The molecule has 5 aromatic carbocycles. The molecule has 8 rings (SSSR count). The number of ether oxygens (including phenoxy) is 1. The van der Waals surface area contributed by atoms with Crippen LogP contribution in [-0.4, -0.2) is 114 Å². The lowest BCUT2D eigenvalue weighted by Crippen LogP contribution is -2.46. The van der Waals surface area contributed by atoms with E-state index in [1.54, 1.807) is 61.6 Å². The number of nitrogens with one attached hydrogen (secondary N) is 1. The van der Waals surface area contributed by atoms with Gasteiger partial charge in [0.1, 0.15) is 11.5 Å². The number of nitro benzene ring substituents is 1. The maximum Gasteiger partial charge on any atom is 0.326 e. The van der Waals surface area contributed by atoms with E-state index in [4.69, 9.17) is 20.9 Å². The molecule has 19 heteroatoms. The van der Waals surface area contributed by atoms with Crippen molar-refractivity contribution in [2.24, 2.45) is 0 Å². The summed E-state index contributed by atoms with van der Waals surface area (Å²) >= 11 is 7.97. The third-order valence-electron chi connectivity index (χ3n) is 13.5. The Kier molecular flexibility index (Phi) is 17.3. The predicted octanol–water partition coefficient (Wildman–Crippen LogP) is 11.4. The molecule has 2 atom stereocenters. The number of piperazine rings is 1. The van der Waals surface area contributed by atoms with Gasteiger partial charge >= 0.3 is 7.52 Å². The van der Waals surface area contributed by atoms with E-state index < -0.39 is 28.1 Å². The van der Waals surface area contributed by atoms with Crippen molar-refractivity contribution in [3.8, 4) is 22.4 Å². The number of anilines is 4. The molecule has 6 aromatic rings. The van der Waals surface area contributed by atoms with Gasteiger partial charge in [-0.15, -0.1) is 11.8 Å². The summed E-state index contributed by atoms with van der Waals surface area (Å²) in [7, 11) is -5.95. The number of nitro groups is 1. The zero-order valence-corrected chi connectivity index (χ0v) is 45.5. The molecule has 0 radical (unpaired) electrons. The highest BCUT2D eigenvalue weighted by atomic mass is 35.5. The Labute approximate surface area is 438 Å². The lowest BCUT2D eigenvalue weighted by atomic mass is 9.99. The Hall–Kier alpha value is -5.39. The van der Waals surface area contributed by atoms with Crippen molar-refractivity contribution in [2.75, 3.05) is 104 Å². The summed E-state index contributed by atoms with van der Waals surface area (Å²) in [6.07, 6.45) is 1.95. The van der Waals surface area contributed by atoms with Gasteiger partial charge in [-0.2, -0.15) is 0 Å². The molecular formula is C54H64ClFN7O7PS2. The molecule has 1 aromatic heterocycles. The third-order valence-corrected chi connectivity index (χ3v) is 18.7. The standard InChI is InChI=1S/C54H64ClFN7O7PS2/c1-7-70-71(66,48-21-22-50(51(36-48)63(64)65)57-44(23-24-59-29-31-69-32-30-59)37-72-49-11-9-8-10-12-49)58(5)45-17-19-46(20-18-45)60-25-27-61(28-26-60)47-34-41(33-43(56)35-47)52-53(40-13-15-42(55)16-14-40)62(38(2)3)39(4)54(52)73(6,67)68/h8-22,33-36,38,44,57H,7,23-32,37H2,1-6H3. The molecule has 2 aliphatic heterocycles. The normalized spacial score (nSPS) is 15.8. The molecule has 0 saturated carbocycles. The van der Waals surface area contributed by atoms with Crippen LogP contribution < -0.4 is 25.1 Å². The van der Waals surface area contributed by atoms with Gasteiger partial charge in [-0.3, -0.25) is 19.6 Å². The number of benzene rings is 5. The van der Waals surface area contributed by atoms with Gasteiger partial charge in [0, 0.05) is 121 Å². The van der Waals surface area contributed by atoms with Gasteiger partial charge in [0.05, 0.1) is 40.6 Å². The average Bonchev–Trinajstić information content (AvgIpc) is 3.71. The van der Waals surface area contributed by atoms with Crippen molar-refractivity contribution < 1.29 is 31.6 Å². The molecule has 2 saturated heterocycles. The second-order valence-corrected chi connectivity index (χ2v) is 24.6. The predicted molar refractivity (Wildman–Crippen MR) is 296 cm³/mol. The summed E-state index contributed by atoms with van der Waals surface area (Å²) in [5.74, 6) is 0.208. The molecule has 2 fully saturated rings. The Balaban J connectivity index is 0.988. The zero-order chi connectivity index (χ0) is 52.0. The highest BCUT2D eigenvalue weighted by Crippen LogP contribution is 2.52. The van der Waals surface area contributed by atoms with Crippen molar-refractivity contribution in [2.45, 2.75) is 56.0 Å². The van der Waals surface area contributed by atoms with Gasteiger partial charge in [0.2, 0.25) is 0 Å². The number of hydrogen-bond donors (Lipinski definition) is 1. The van der Waals surface area contributed by atoms with Crippen LogP contribution in [0.1, 0.15) is 38.9 Å². The van der Waals surface area contributed by atoms with Gasteiger partial charge in [-0.05, 0) is 124 Å². The Morgan fingerprint density at radius 1 is 0.890 bits per heavy atom. The van der Waals surface area contributed by atoms with Crippen LogP contribution >= 0.6 is 30.9 Å². The lowest BCUT2D eigenvalue weighted by molar-refractivity contribution is -0.383. The first-order chi connectivity index (χ1) is 34.9. The second kappa shape index (κ2) is 23.4. The van der Waals surface area contributed by atoms with Crippen molar-refractivity contribution in [1.82, 2.24) is 9.47 Å². The summed E-state index contributed by atoms with van der Waals surface area (Å²) in [6.45, 7) is 13.8. The maximum atomic E-state index is 15.8. The molecule has 0 amide bonds. The van der Waals surface area contributed by atoms with Gasteiger partial charge in [0.15, 0.2) is 9.84 Å². The SMILES string of the molecule is CCOP(=O)(c1ccc(NC(CCN2CCOCC2)CSc2ccccc2)c([N+](=O)[O-])c1)N(C)c1ccc(N2CCN(c3cc(F)cc(-c4c(S(C)(=O)=O)c(C)n(C(C)C)c4-c4ccc(Cl)cc4)c3)CC2)cc1. The van der Waals surface area contributed by atoms with Crippen LogP contribution in [-0.2, 0) is 23.7 Å². The zero-order valence-electron chi connectivity index (χ0n) is 42.2. The fourth-order valence-electron chi connectivity index (χ4n) is 9.87. The number of rotatable bonds is 20. The van der Waals surface area contributed by atoms with E-state index in [0.29, 0.717) is 89.7 Å². The molecule has 73 heavy (non-hydrogen) atoms. The number of hydrogen-bond acceptors (Lipinski definition) is 12. The summed E-state index contributed by atoms with van der Waals surface area (Å²) in [5.41, 5.74) is 5.29. The first-order valence-corrected chi connectivity index (χ1v) is 29.4. The first-order valence-electron chi connectivity index (χ1n) is 24.6. The van der Waals surface area contributed by atoms with E-state index in [1.165, 1.54) is 24.5 Å². The second-order valence-electron chi connectivity index (χ2n) is 18.7. The molecular weight excluding hydrogens is 1010 g/mol. The highest BCUT2D eigenvalue weighted by molar-refractivity contribution is 7.99. The number of morpholine rings is 1. The van der Waals surface area contributed by atoms with Crippen LogP contribution in [0.4, 0.5) is 32.8 Å². The third kappa shape index (κ3) is 12.4. The molecule has 2 aliphatic rings. The largest absolute Gasteiger partial charge is 0.379 e. The summed E-state index contributed by atoms with van der Waals surface area (Å²) in [5, 5.41) is 17.0. The maximum absolute atomic E-state index is 15.8. The lowest BCUT2D eigenvalue weighted by Gasteiger charge is -2.38. The molecule has 0 aliphatic carbocycles. The van der Waals surface area contributed by atoms with Crippen LogP contribution in [0.15, 0.2) is 125 Å². The minimum absolute atomic E-state index is 0.0976. The fraction of sp³-hybridized carbons (Fsp3) is 0.370. The van der Waals surface area contributed by atoms with Crippen LogP contribution in [0.25, 0.3) is 22.4 Å². The fourth-order valence-corrected chi connectivity index (χ4v) is 14.2. The summed E-state index contributed by atoms with van der Waals surface area (Å²) in [4.78, 5) is 20.2. The highest BCUT2D eigenvalue weighted by Gasteiger charge is 2.35. The average molecular weight is 1070 g/mol. The van der Waals surface area contributed by atoms with Crippen molar-refractivity contribution in [3.05, 3.63) is 142 Å². The van der Waals surface area contributed by atoms with Gasteiger partial charge in [-0.1, -0.05) is 41.9 Å². The molecule has 2 unspecified atom stereocenters. The van der Waals surface area contributed by atoms with E-state index in [2.05, 4.69) is 32.1 Å². The number of nitrogens with zero attached hydrogens (tertiary/aromatic N) is 6. The van der Waals surface area contributed by atoms with Crippen LogP contribution in [0.2, 0.25) is 5.02 Å². The van der Waals surface area contributed by atoms with Crippen molar-refractivity contribution >= 4 is 74.5 Å². The minimum Gasteiger partial charge on any atom is -0.379 e.